The largest absolute Gasteiger partial charge is 0.496 e. The number of hydrogen-bond donors (Lipinski definition) is 0. The van der Waals surface area contributed by atoms with Crippen LogP contribution in [-0.4, -0.2) is 24.4 Å². The van der Waals surface area contributed by atoms with Gasteiger partial charge in [0, 0.05) is 11.6 Å². The molecule has 1 atom stereocenters. The van der Waals surface area contributed by atoms with Gasteiger partial charge in [-0.25, -0.2) is 0 Å². The van der Waals surface area contributed by atoms with E-state index in [2.05, 4.69) is 22.9 Å². The van der Waals surface area contributed by atoms with Crippen molar-refractivity contribution in [3.8, 4) is 5.75 Å². The first-order valence-electron chi connectivity index (χ1n) is 5.12. The highest BCUT2D eigenvalue weighted by molar-refractivity contribution is 5.86. The summed E-state index contributed by atoms with van der Waals surface area (Å²) in [5.74, 6) is 0.933. The Labute approximate surface area is 88.2 Å². The van der Waals surface area contributed by atoms with Crippen LogP contribution < -0.4 is 4.74 Å². The molecule has 1 aromatic carbocycles. The van der Waals surface area contributed by atoms with Crippen LogP contribution in [0.5, 0.6) is 5.75 Å². The van der Waals surface area contributed by atoms with E-state index in [-0.39, 0.29) is 0 Å². The van der Waals surface area contributed by atoms with Crippen molar-refractivity contribution in [1.82, 2.24) is 4.57 Å². The van der Waals surface area contributed by atoms with Crippen LogP contribution in [0.15, 0.2) is 30.5 Å². The van der Waals surface area contributed by atoms with E-state index in [0.29, 0.717) is 6.10 Å². The summed E-state index contributed by atoms with van der Waals surface area (Å²) in [6.45, 7) is 1.83. The monoisotopic (exact) mass is 203 g/mol. The molecule has 1 saturated heterocycles. The molecule has 15 heavy (non-hydrogen) atoms. The van der Waals surface area contributed by atoms with E-state index in [1.54, 1.807) is 7.11 Å². The summed E-state index contributed by atoms with van der Waals surface area (Å²) in [6.07, 6.45) is 2.50. The van der Waals surface area contributed by atoms with E-state index >= 15 is 0 Å². The molecule has 3 rings (SSSR count). The molecule has 2 aromatic rings. The minimum atomic E-state index is 0.409. The lowest BCUT2D eigenvalue weighted by Crippen LogP contribution is -2.01. The maximum atomic E-state index is 5.32. The number of ether oxygens (including phenoxy) is 2. The minimum Gasteiger partial charge on any atom is -0.496 e. The second-order valence-electron chi connectivity index (χ2n) is 3.82. The fourth-order valence-electron chi connectivity index (χ4n) is 1.93. The highest BCUT2D eigenvalue weighted by Gasteiger charge is 2.23. The first-order chi connectivity index (χ1) is 7.38. The topological polar surface area (TPSA) is 26.7 Å². The van der Waals surface area contributed by atoms with Crippen molar-refractivity contribution in [1.29, 1.82) is 0 Å². The number of nitrogens with zero attached hydrogens (tertiary/aromatic N) is 1. The molecule has 3 heteroatoms. The maximum Gasteiger partial charge on any atom is 0.128 e. The van der Waals surface area contributed by atoms with E-state index in [1.165, 1.54) is 10.9 Å². The van der Waals surface area contributed by atoms with E-state index in [9.17, 15) is 0 Å². The fourth-order valence-corrected chi connectivity index (χ4v) is 1.93. The Kier molecular flexibility index (Phi) is 1.92. The maximum absolute atomic E-state index is 5.32. The molecule has 2 heterocycles. The third kappa shape index (κ3) is 1.49. The van der Waals surface area contributed by atoms with E-state index in [4.69, 9.17) is 9.47 Å². The second kappa shape index (κ2) is 3.28. The van der Waals surface area contributed by atoms with Crippen molar-refractivity contribution in [3.05, 3.63) is 30.5 Å². The van der Waals surface area contributed by atoms with Crippen molar-refractivity contribution < 1.29 is 9.47 Å². The third-order valence-electron chi connectivity index (χ3n) is 2.80. The molecule has 1 aromatic heterocycles. The predicted octanol–water partition coefficient (Wildman–Crippen LogP) is 2.05. The number of hydrogen-bond acceptors (Lipinski definition) is 2. The van der Waals surface area contributed by atoms with Crippen molar-refractivity contribution in [2.24, 2.45) is 0 Å². The number of rotatable bonds is 3. The molecule has 1 aliphatic rings. The van der Waals surface area contributed by atoms with E-state index in [0.717, 1.165) is 18.9 Å². The van der Waals surface area contributed by atoms with Crippen LogP contribution in [0, 0.1) is 0 Å². The Morgan fingerprint density at radius 3 is 3.07 bits per heavy atom. The summed E-state index contributed by atoms with van der Waals surface area (Å²) in [7, 11) is 1.70. The molecule has 0 radical (unpaired) electrons. The van der Waals surface area contributed by atoms with Gasteiger partial charge >= 0.3 is 0 Å². The molecule has 0 unspecified atom stereocenters. The summed E-state index contributed by atoms with van der Waals surface area (Å²) >= 11 is 0. The van der Waals surface area contributed by atoms with Gasteiger partial charge in [0.15, 0.2) is 0 Å². The number of fused-ring (bicyclic) bond motifs is 1. The molecular weight excluding hydrogens is 190 g/mol. The summed E-state index contributed by atoms with van der Waals surface area (Å²) in [4.78, 5) is 0. The molecule has 3 nitrogen and oxygen atoms in total. The number of methoxy groups -OCH3 is 1. The van der Waals surface area contributed by atoms with Gasteiger partial charge in [-0.05, 0) is 18.2 Å². The quantitative estimate of drug-likeness (QED) is 0.714. The second-order valence-corrected chi connectivity index (χ2v) is 3.82. The highest BCUT2D eigenvalue weighted by Crippen LogP contribution is 2.27. The summed E-state index contributed by atoms with van der Waals surface area (Å²) in [5.41, 5.74) is 1.21. The first kappa shape index (κ1) is 8.80. The molecule has 0 saturated carbocycles. The zero-order valence-corrected chi connectivity index (χ0v) is 8.64. The summed E-state index contributed by atoms with van der Waals surface area (Å²) < 4.78 is 12.8. The molecular formula is C12H13NO2. The zero-order chi connectivity index (χ0) is 10.3. The molecule has 0 N–H and O–H groups in total. The van der Waals surface area contributed by atoms with Gasteiger partial charge in [0.05, 0.1) is 31.9 Å². The van der Waals surface area contributed by atoms with E-state index < -0.39 is 0 Å². The highest BCUT2D eigenvalue weighted by atomic mass is 16.6. The van der Waals surface area contributed by atoms with Crippen molar-refractivity contribution in [3.63, 3.8) is 0 Å². The van der Waals surface area contributed by atoms with Gasteiger partial charge in [0.1, 0.15) is 5.75 Å². The van der Waals surface area contributed by atoms with Gasteiger partial charge in [-0.1, -0.05) is 6.07 Å². The number of benzene rings is 1. The molecule has 1 aliphatic heterocycles. The molecule has 0 spiro atoms. The normalized spacial score (nSPS) is 19.4. The Morgan fingerprint density at radius 1 is 1.47 bits per heavy atom. The van der Waals surface area contributed by atoms with Gasteiger partial charge in [0.2, 0.25) is 0 Å². The minimum absolute atomic E-state index is 0.409. The van der Waals surface area contributed by atoms with E-state index in [1.807, 2.05) is 12.1 Å². The Hall–Kier alpha value is -1.48. The average Bonchev–Trinajstić information content (AvgIpc) is 2.99. The Morgan fingerprint density at radius 2 is 2.33 bits per heavy atom. The summed E-state index contributed by atoms with van der Waals surface area (Å²) in [6, 6.07) is 8.21. The van der Waals surface area contributed by atoms with Crippen LogP contribution in [0.4, 0.5) is 0 Å². The van der Waals surface area contributed by atoms with Crippen LogP contribution in [0.1, 0.15) is 0 Å². The van der Waals surface area contributed by atoms with Gasteiger partial charge in [0.25, 0.3) is 0 Å². The lowest BCUT2D eigenvalue weighted by molar-refractivity contribution is 0.385. The van der Waals surface area contributed by atoms with Gasteiger partial charge in [-0.3, -0.25) is 0 Å². The lowest BCUT2D eigenvalue weighted by atomic mass is 10.2. The Bertz CT molecular complexity index is 485. The Balaban J connectivity index is 2.08. The number of aromatic nitrogens is 1. The smallest absolute Gasteiger partial charge is 0.128 e. The average molecular weight is 203 g/mol. The van der Waals surface area contributed by atoms with Crippen LogP contribution in [0.25, 0.3) is 10.9 Å². The lowest BCUT2D eigenvalue weighted by Gasteiger charge is -2.04. The van der Waals surface area contributed by atoms with Crippen molar-refractivity contribution in [2.75, 3.05) is 13.7 Å². The van der Waals surface area contributed by atoms with Gasteiger partial charge < -0.3 is 14.0 Å². The SMILES string of the molecule is COc1cccc2c1ccn2C[C@H]1CO1. The van der Waals surface area contributed by atoms with Crippen LogP contribution in [0.3, 0.4) is 0 Å². The standard InChI is InChI=1S/C12H13NO2/c1-14-12-4-2-3-11-10(12)5-6-13(11)7-9-8-15-9/h2-6,9H,7-8H2,1H3/t9-/m0/s1. The molecule has 78 valence electrons. The third-order valence-corrected chi connectivity index (χ3v) is 2.80. The van der Waals surface area contributed by atoms with Crippen LogP contribution in [-0.2, 0) is 11.3 Å². The predicted molar refractivity (Wildman–Crippen MR) is 58.2 cm³/mol. The molecule has 1 fully saturated rings. The summed E-state index contributed by atoms with van der Waals surface area (Å²) in [5, 5.41) is 1.17. The van der Waals surface area contributed by atoms with Crippen molar-refractivity contribution >= 4 is 10.9 Å². The number of epoxide rings is 1. The van der Waals surface area contributed by atoms with Crippen LogP contribution >= 0.6 is 0 Å². The van der Waals surface area contributed by atoms with Crippen molar-refractivity contribution in [2.45, 2.75) is 12.6 Å². The van der Waals surface area contributed by atoms with Crippen LogP contribution in [0.2, 0.25) is 0 Å². The first-order valence-corrected chi connectivity index (χ1v) is 5.12. The van der Waals surface area contributed by atoms with Gasteiger partial charge in [-0.2, -0.15) is 0 Å². The molecule has 0 aliphatic carbocycles. The fraction of sp³-hybridized carbons (Fsp3) is 0.333. The molecule has 0 bridgehead atoms. The zero-order valence-electron chi connectivity index (χ0n) is 8.64. The van der Waals surface area contributed by atoms with Gasteiger partial charge in [-0.15, -0.1) is 0 Å². The molecule has 0 amide bonds.